The molecule has 0 fully saturated rings. The van der Waals surface area contributed by atoms with Crippen LogP contribution >= 0.6 is 0 Å². The Labute approximate surface area is 105 Å². The number of fused-ring (bicyclic) bond motifs is 1. The van der Waals surface area contributed by atoms with Crippen LogP contribution in [0.3, 0.4) is 0 Å². The Hall–Kier alpha value is -1.82. The minimum atomic E-state index is -3.29. The summed E-state index contributed by atoms with van der Waals surface area (Å²) in [6.45, 7) is 1.99. The zero-order chi connectivity index (χ0) is 13.3. The van der Waals surface area contributed by atoms with E-state index in [1.807, 2.05) is 0 Å². The highest BCUT2D eigenvalue weighted by molar-refractivity contribution is 7.90. The van der Waals surface area contributed by atoms with Crippen molar-refractivity contribution in [3.05, 3.63) is 30.0 Å². The Morgan fingerprint density at radius 1 is 1.39 bits per heavy atom. The standard InChI is InChI=1S/C12H13NO4S/c1-3-17-12(14)10-7-13-11-5-4-8(6-9(10)11)18(2,15)16/h4-7,13H,3H2,1-2H3. The van der Waals surface area contributed by atoms with E-state index in [1.165, 1.54) is 18.3 Å². The molecule has 0 bridgehead atoms. The summed E-state index contributed by atoms with van der Waals surface area (Å²) in [5.41, 5.74) is 1.04. The van der Waals surface area contributed by atoms with Crippen LogP contribution in [0.5, 0.6) is 0 Å². The van der Waals surface area contributed by atoms with Crippen molar-refractivity contribution in [2.75, 3.05) is 12.9 Å². The lowest BCUT2D eigenvalue weighted by atomic mass is 10.2. The van der Waals surface area contributed by atoms with E-state index in [4.69, 9.17) is 4.74 Å². The molecule has 0 aliphatic heterocycles. The number of H-pyrrole nitrogens is 1. The summed E-state index contributed by atoms with van der Waals surface area (Å²) < 4.78 is 27.9. The molecule has 0 aliphatic rings. The van der Waals surface area contributed by atoms with Crippen molar-refractivity contribution in [1.82, 2.24) is 4.98 Å². The van der Waals surface area contributed by atoms with Crippen LogP contribution in [0.1, 0.15) is 17.3 Å². The molecule has 0 spiro atoms. The van der Waals surface area contributed by atoms with Gasteiger partial charge in [0.1, 0.15) is 0 Å². The van der Waals surface area contributed by atoms with Gasteiger partial charge >= 0.3 is 5.97 Å². The Kier molecular flexibility index (Phi) is 3.13. The van der Waals surface area contributed by atoms with Gasteiger partial charge < -0.3 is 9.72 Å². The Morgan fingerprint density at radius 3 is 2.72 bits per heavy atom. The van der Waals surface area contributed by atoms with Gasteiger partial charge in [0.25, 0.3) is 0 Å². The van der Waals surface area contributed by atoms with Crippen LogP contribution in [0.2, 0.25) is 0 Å². The van der Waals surface area contributed by atoms with Crippen molar-refractivity contribution in [1.29, 1.82) is 0 Å². The normalized spacial score (nSPS) is 11.7. The molecule has 0 saturated carbocycles. The minimum absolute atomic E-state index is 0.181. The van der Waals surface area contributed by atoms with Crippen LogP contribution in [-0.2, 0) is 14.6 Å². The first-order valence-electron chi connectivity index (χ1n) is 5.42. The van der Waals surface area contributed by atoms with Crippen LogP contribution < -0.4 is 0 Å². The summed E-state index contributed by atoms with van der Waals surface area (Å²) in [5, 5.41) is 0.552. The zero-order valence-electron chi connectivity index (χ0n) is 10.1. The lowest BCUT2D eigenvalue weighted by Crippen LogP contribution is -2.04. The van der Waals surface area contributed by atoms with Gasteiger partial charge in [-0.25, -0.2) is 13.2 Å². The van der Waals surface area contributed by atoms with E-state index in [0.29, 0.717) is 16.5 Å². The summed E-state index contributed by atoms with van der Waals surface area (Å²) in [6.07, 6.45) is 2.65. The first kappa shape index (κ1) is 12.6. The van der Waals surface area contributed by atoms with E-state index in [2.05, 4.69) is 4.98 Å². The highest BCUT2D eigenvalue weighted by atomic mass is 32.2. The SMILES string of the molecule is CCOC(=O)c1c[nH]c2ccc(S(C)(=O)=O)cc12. The number of rotatable bonds is 3. The van der Waals surface area contributed by atoms with Gasteiger partial charge in [-0.2, -0.15) is 0 Å². The summed E-state index contributed by atoms with van der Waals surface area (Å²) in [4.78, 5) is 14.8. The molecule has 1 heterocycles. The summed E-state index contributed by atoms with van der Waals surface area (Å²) in [6, 6.07) is 4.62. The van der Waals surface area contributed by atoms with Crippen molar-refractivity contribution in [3.63, 3.8) is 0 Å². The number of aromatic amines is 1. The molecule has 6 heteroatoms. The van der Waals surface area contributed by atoms with E-state index in [1.54, 1.807) is 13.0 Å². The second-order valence-corrected chi connectivity index (χ2v) is 5.92. The predicted octanol–water partition coefficient (Wildman–Crippen LogP) is 1.75. The van der Waals surface area contributed by atoms with Gasteiger partial charge in [0.2, 0.25) is 0 Å². The number of carbonyl (C=O) groups is 1. The zero-order valence-corrected chi connectivity index (χ0v) is 10.9. The lowest BCUT2D eigenvalue weighted by Gasteiger charge is -2.01. The van der Waals surface area contributed by atoms with E-state index < -0.39 is 15.8 Å². The number of nitrogens with one attached hydrogen (secondary N) is 1. The fraction of sp³-hybridized carbons (Fsp3) is 0.250. The third-order valence-corrected chi connectivity index (χ3v) is 3.69. The van der Waals surface area contributed by atoms with Gasteiger partial charge in [-0.05, 0) is 25.1 Å². The number of benzene rings is 1. The summed E-state index contributed by atoms with van der Waals surface area (Å²) >= 11 is 0. The Balaban J connectivity index is 2.60. The van der Waals surface area contributed by atoms with Gasteiger partial charge in [-0.3, -0.25) is 0 Å². The second-order valence-electron chi connectivity index (χ2n) is 3.90. The molecule has 2 aromatic rings. The molecule has 0 amide bonds. The molecule has 1 aromatic heterocycles. The average molecular weight is 267 g/mol. The molecule has 18 heavy (non-hydrogen) atoms. The van der Waals surface area contributed by atoms with Crippen LogP contribution in [0.15, 0.2) is 29.3 Å². The monoisotopic (exact) mass is 267 g/mol. The largest absolute Gasteiger partial charge is 0.462 e. The molecule has 0 atom stereocenters. The van der Waals surface area contributed by atoms with Gasteiger partial charge in [-0.1, -0.05) is 0 Å². The Morgan fingerprint density at radius 2 is 2.11 bits per heavy atom. The molecule has 2 rings (SSSR count). The first-order chi connectivity index (χ1) is 8.43. The van der Waals surface area contributed by atoms with E-state index in [9.17, 15) is 13.2 Å². The van der Waals surface area contributed by atoms with E-state index in [-0.39, 0.29) is 11.5 Å². The number of aromatic nitrogens is 1. The third-order valence-electron chi connectivity index (χ3n) is 2.58. The molecule has 96 valence electrons. The maximum Gasteiger partial charge on any atom is 0.340 e. The van der Waals surface area contributed by atoms with Crippen LogP contribution in [0.4, 0.5) is 0 Å². The quantitative estimate of drug-likeness (QED) is 0.859. The van der Waals surface area contributed by atoms with Crippen LogP contribution in [0.25, 0.3) is 10.9 Å². The fourth-order valence-corrected chi connectivity index (χ4v) is 2.36. The molecule has 0 aliphatic carbocycles. The van der Waals surface area contributed by atoms with Crippen LogP contribution in [-0.4, -0.2) is 32.2 Å². The van der Waals surface area contributed by atoms with Crippen LogP contribution in [0, 0.1) is 0 Å². The topological polar surface area (TPSA) is 76.2 Å². The maximum atomic E-state index is 11.7. The van der Waals surface area contributed by atoms with Gasteiger partial charge in [-0.15, -0.1) is 0 Å². The second kappa shape index (κ2) is 4.45. The first-order valence-corrected chi connectivity index (χ1v) is 7.31. The van der Waals surface area contributed by atoms with Crippen molar-refractivity contribution in [2.24, 2.45) is 0 Å². The molecule has 0 unspecified atom stereocenters. The third kappa shape index (κ3) is 2.24. The average Bonchev–Trinajstić information content (AvgIpc) is 2.70. The smallest absolute Gasteiger partial charge is 0.340 e. The lowest BCUT2D eigenvalue weighted by molar-refractivity contribution is 0.0528. The van der Waals surface area contributed by atoms with Gasteiger partial charge in [0, 0.05) is 23.4 Å². The highest BCUT2D eigenvalue weighted by Gasteiger charge is 2.15. The predicted molar refractivity (Wildman–Crippen MR) is 67.4 cm³/mol. The van der Waals surface area contributed by atoms with E-state index >= 15 is 0 Å². The number of carbonyl (C=O) groups excluding carboxylic acids is 1. The van der Waals surface area contributed by atoms with Crippen molar-refractivity contribution in [3.8, 4) is 0 Å². The molecular formula is C12H13NO4S. The van der Waals surface area contributed by atoms with E-state index in [0.717, 1.165) is 6.26 Å². The molecule has 1 N–H and O–H groups in total. The van der Waals surface area contributed by atoms with Crippen molar-refractivity contribution in [2.45, 2.75) is 11.8 Å². The number of esters is 1. The summed E-state index contributed by atoms with van der Waals surface area (Å²) in [5.74, 6) is -0.464. The molecular weight excluding hydrogens is 254 g/mol. The highest BCUT2D eigenvalue weighted by Crippen LogP contribution is 2.22. The number of hydrogen-bond donors (Lipinski definition) is 1. The molecule has 0 radical (unpaired) electrons. The van der Waals surface area contributed by atoms with Crippen molar-refractivity contribution >= 4 is 26.7 Å². The minimum Gasteiger partial charge on any atom is -0.462 e. The summed E-state index contributed by atoms with van der Waals surface area (Å²) in [7, 11) is -3.29. The number of hydrogen-bond acceptors (Lipinski definition) is 4. The maximum absolute atomic E-state index is 11.7. The number of ether oxygens (including phenoxy) is 1. The fourth-order valence-electron chi connectivity index (χ4n) is 1.71. The Bertz CT molecular complexity index is 700. The molecule has 5 nitrogen and oxygen atoms in total. The van der Waals surface area contributed by atoms with Gasteiger partial charge in [0.15, 0.2) is 9.84 Å². The number of sulfone groups is 1. The molecule has 1 aromatic carbocycles. The van der Waals surface area contributed by atoms with Crippen molar-refractivity contribution < 1.29 is 17.9 Å². The van der Waals surface area contributed by atoms with Gasteiger partial charge in [0.05, 0.1) is 17.1 Å². The molecule has 0 saturated heterocycles.